The van der Waals surface area contributed by atoms with Crippen molar-refractivity contribution in [1.29, 1.82) is 0 Å². The molecule has 0 saturated heterocycles. The minimum absolute atomic E-state index is 0.142. The molecular formula is C13H32O6Si2. The molecule has 0 aromatic heterocycles. The Kier molecular flexibility index (Phi) is 10.9. The van der Waals surface area contributed by atoms with E-state index in [0.717, 1.165) is 18.5 Å². The number of rotatable bonds is 13. The first kappa shape index (κ1) is 21.2. The zero-order valence-electron chi connectivity index (χ0n) is 13.8. The molecule has 0 aliphatic heterocycles. The van der Waals surface area contributed by atoms with Crippen molar-refractivity contribution in [2.75, 3.05) is 33.5 Å². The Bertz CT molecular complexity index is 262. The molecule has 0 amide bonds. The van der Waals surface area contributed by atoms with Crippen LogP contribution < -0.4 is 0 Å². The molecule has 0 radical (unpaired) electrons. The highest BCUT2D eigenvalue weighted by Gasteiger charge is 2.39. The molecule has 0 aromatic carbocycles. The van der Waals surface area contributed by atoms with E-state index < -0.39 is 23.0 Å². The summed E-state index contributed by atoms with van der Waals surface area (Å²) >= 11 is 0. The van der Waals surface area contributed by atoms with E-state index in [1.807, 2.05) is 0 Å². The largest absolute Gasteiger partial charge is 0.436 e. The van der Waals surface area contributed by atoms with Gasteiger partial charge in [0.15, 0.2) is 8.32 Å². The van der Waals surface area contributed by atoms with Crippen molar-refractivity contribution in [3.05, 3.63) is 0 Å². The SMILES string of the molecule is CO[Si](CCCO)(CCCOCC(O)CO)O[Si](C)(C)C. The summed E-state index contributed by atoms with van der Waals surface area (Å²) < 4.78 is 17.4. The third-order valence-corrected chi connectivity index (χ3v) is 9.86. The second-order valence-electron chi connectivity index (χ2n) is 6.17. The van der Waals surface area contributed by atoms with Gasteiger partial charge in [0, 0.05) is 20.3 Å². The smallest absolute Gasteiger partial charge is 0.327 e. The Morgan fingerprint density at radius 1 is 1.05 bits per heavy atom. The normalized spacial score (nSPS) is 16.7. The van der Waals surface area contributed by atoms with Crippen molar-refractivity contribution in [1.82, 2.24) is 0 Å². The van der Waals surface area contributed by atoms with Crippen LogP contribution in [0.25, 0.3) is 0 Å². The van der Waals surface area contributed by atoms with Crippen molar-refractivity contribution >= 4 is 16.9 Å². The minimum Gasteiger partial charge on any atom is -0.436 e. The summed E-state index contributed by atoms with van der Waals surface area (Å²) in [6, 6.07) is 1.59. The maximum Gasteiger partial charge on any atom is 0.327 e. The summed E-state index contributed by atoms with van der Waals surface area (Å²) in [5.74, 6) is 0. The lowest BCUT2D eigenvalue weighted by Crippen LogP contribution is -2.49. The second kappa shape index (κ2) is 10.8. The molecule has 6 nitrogen and oxygen atoms in total. The molecule has 2 atom stereocenters. The van der Waals surface area contributed by atoms with Crippen LogP contribution in [0.5, 0.6) is 0 Å². The molecule has 0 aliphatic rings. The van der Waals surface area contributed by atoms with E-state index in [2.05, 4.69) is 19.6 Å². The third kappa shape index (κ3) is 10.5. The van der Waals surface area contributed by atoms with Crippen molar-refractivity contribution in [2.24, 2.45) is 0 Å². The van der Waals surface area contributed by atoms with Gasteiger partial charge in [-0.15, -0.1) is 0 Å². The minimum atomic E-state index is -2.30. The maximum atomic E-state index is 9.19. The van der Waals surface area contributed by atoms with Gasteiger partial charge in [-0.1, -0.05) is 0 Å². The summed E-state index contributed by atoms with van der Waals surface area (Å²) in [4.78, 5) is 0. The standard InChI is InChI=1S/C13H32O6Si2/c1-17-21(9-5-7-14,19-20(2,3)4)10-6-8-18-12-13(16)11-15/h13-16H,5-12H2,1-4H3. The summed E-state index contributed by atoms with van der Waals surface area (Å²) in [5.41, 5.74) is 0. The van der Waals surface area contributed by atoms with Gasteiger partial charge in [-0.05, 0) is 44.6 Å². The predicted molar refractivity (Wildman–Crippen MR) is 87.0 cm³/mol. The Hall–Kier alpha value is 0.194. The number of aliphatic hydroxyl groups excluding tert-OH is 3. The molecule has 3 N–H and O–H groups in total. The van der Waals surface area contributed by atoms with E-state index >= 15 is 0 Å². The molecular weight excluding hydrogens is 308 g/mol. The fraction of sp³-hybridized carbons (Fsp3) is 1.00. The van der Waals surface area contributed by atoms with E-state index in [1.165, 1.54) is 0 Å². The van der Waals surface area contributed by atoms with Crippen LogP contribution in [-0.4, -0.2) is 71.8 Å². The van der Waals surface area contributed by atoms with Gasteiger partial charge in [0.25, 0.3) is 0 Å². The predicted octanol–water partition coefficient (Wildman–Crippen LogP) is 1.07. The van der Waals surface area contributed by atoms with E-state index in [4.69, 9.17) is 23.5 Å². The number of aliphatic hydroxyl groups is 3. The summed E-state index contributed by atoms with van der Waals surface area (Å²) in [5, 5.41) is 27.0. The summed E-state index contributed by atoms with van der Waals surface area (Å²) in [6.07, 6.45) is 0.657. The average Bonchev–Trinajstić information content (AvgIpc) is 2.42. The lowest BCUT2D eigenvalue weighted by Gasteiger charge is -2.35. The van der Waals surface area contributed by atoms with Gasteiger partial charge in [-0.3, -0.25) is 0 Å². The number of hydrogen-bond acceptors (Lipinski definition) is 6. The van der Waals surface area contributed by atoms with Crippen molar-refractivity contribution < 1.29 is 28.6 Å². The monoisotopic (exact) mass is 340 g/mol. The third-order valence-electron chi connectivity index (χ3n) is 2.95. The van der Waals surface area contributed by atoms with Crippen LogP contribution in [0.3, 0.4) is 0 Å². The van der Waals surface area contributed by atoms with Crippen LogP contribution >= 0.6 is 0 Å². The molecule has 0 saturated carbocycles. The maximum absolute atomic E-state index is 9.19. The highest BCUT2D eigenvalue weighted by molar-refractivity contribution is 6.82. The van der Waals surface area contributed by atoms with E-state index in [0.29, 0.717) is 13.0 Å². The van der Waals surface area contributed by atoms with Gasteiger partial charge in [0.1, 0.15) is 6.10 Å². The number of hydrogen-bond donors (Lipinski definition) is 3. The van der Waals surface area contributed by atoms with Crippen LogP contribution in [0, 0.1) is 0 Å². The quantitative estimate of drug-likeness (QED) is 0.343. The molecule has 128 valence electrons. The Morgan fingerprint density at radius 2 is 1.67 bits per heavy atom. The van der Waals surface area contributed by atoms with Crippen LogP contribution in [0.4, 0.5) is 0 Å². The van der Waals surface area contributed by atoms with Crippen LogP contribution in [0.15, 0.2) is 0 Å². The Morgan fingerprint density at radius 3 is 2.14 bits per heavy atom. The van der Waals surface area contributed by atoms with Gasteiger partial charge >= 0.3 is 8.56 Å². The highest BCUT2D eigenvalue weighted by Crippen LogP contribution is 2.26. The van der Waals surface area contributed by atoms with Crippen LogP contribution in [-0.2, 0) is 13.3 Å². The zero-order chi connectivity index (χ0) is 16.4. The fourth-order valence-corrected chi connectivity index (χ4v) is 9.75. The van der Waals surface area contributed by atoms with Crippen LogP contribution in [0.1, 0.15) is 12.8 Å². The fourth-order valence-electron chi connectivity index (χ4n) is 2.09. The summed E-state index contributed by atoms with van der Waals surface area (Å²) in [6.45, 7) is 6.92. The lowest BCUT2D eigenvalue weighted by atomic mass is 10.4. The first-order chi connectivity index (χ1) is 9.78. The number of ether oxygens (including phenoxy) is 1. The molecule has 0 rings (SSSR count). The van der Waals surface area contributed by atoms with E-state index in [-0.39, 0.29) is 19.8 Å². The molecule has 8 heteroatoms. The Balaban J connectivity index is 4.32. The highest BCUT2D eigenvalue weighted by atomic mass is 28.4. The molecule has 0 fully saturated rings. The molecule has 2 unspecified atom stereocenters. The lowest BCUT2D eigenvalue weighted by molar-refractivity contribution is 0.00616. The van der Waals surface area contributed by atoms with Gasteiger partial charge in [0.2, 0.25) is 0 Å². The van der Waals surface area contributed by atoms with Gasteiger partial charge in [-0.25, -0.2) is 0 Å². The zero-order valence-corrected chi connectivity index (χ0v) is 15.8. The van der Waals surface area contributed by atoms with Crippen LogP contribution in [0.2, 0.25) is 31.7 Å². The molecule has 0 aromatic rings. The first-order valence-corrected chi connectivity index (χ1v) is 13.2. The molecule has 0 bridgehead atoms. The van der Waals surface area contributed by atoms with Gasteiger partial charge in [0.05, 0.1) is 13.2 Å². The summed E-state index contributed by atoms with van der Waals surface area (Å²) in [7, 11) is -2.32. The topological polar surface area (TPSA) is 88.4 Å². The molecule has 0 heterocycles. The molecule has 0 spiro atoms. The van der Waals surface area contributed by atoms with Crippen molar-refractivity contribution in [2.45, 2.75) is 50.7 Å². The second-order valence-corrected chi connectivity index (χ2v) is 14.4. The van der Waals surface area contributed by atoms with Crippen molar-refractivity contribution in [3.63, 3.8) is 0 Å². The Labute approximate surface area is 130 Å². The first-order valence-electron chi connectivity index (χ1n) is 7.51. The van der Waals surface area contributed by atoms with Gasteiger partial charge < -0.3 is 28.6 Å². The van der Waals surface area contributed by atoms with Crippen molar-refractivity contribution in [3.8, 4) is 0 Å². The average molecular weight is 341 g/mol. The van der Waals surface area contributed by atoms with E-state index in [1.54, 1.807) is 7.11 Å². The van der Waals surface area contributed by atoms with E-state index in [9.17, 15) is 5.11 Å². The molecule has 0 aliphatic carbocycles. The van der Waals surface area contributed by atoms with Gasteiger partial charge in [-0.2, -0.15) is 0 Å². The molecule has 21 heavy (non-hydrogen) atoms.